The Balaban J connectivity index is 4.03. The first-order chi connectivity index (χ1) is 12.7. The van der Waals surface area contributed by atoms with Crippen LogP contribution in [0.2, 0.25) is 18.1 Å². The highest BCUT2D eigenvalue weighted by Gasteiger charge is 2.38. The summed E-state index contributed by atoms with van der Waals surface area (Å²) in [6.45, 7) is 15.6. The predicted octanol–water partition coefficient (Wildman–Crippen LogP) is 7.71. The first-order valence-corrected chi connectivity index (χ1v) is 15.1. The molecule has 1 unspecified atom stereocenters. The average molecular weight is 462 g/mol. The average Bonchev–Trinajstić information content (AvgIpc) is 2.59. The molecule has 0 fully saturated rings. The van der Waals surface area contributed by atoms with Crippen molar-refractivity contribution >= 4 is 24.2 Å². The van der Waals surface area contributed by atoms with Crippen molar-refractivity contribution in [1.82, 2.24) is 0 Å². The monoisotopic (exact) mass is 460 g/mol. The first kappa shape index (κ1) is 27.2. The van der Waals surface area contributed by atoms with Gasteiger partial charge < -0.3 is 9.16 Å². The van der Waals surface area contributed by atoms with E-state index in [1.54, 1.807) is 0 Å². The highest BCUT2D eigenvalue weighted by molar-refractivity contribution is 9.09. The number of alkyl halides is 1. The van der Waals surface area contributed by atoms with Crippen molar-refractivity contribution < 1.29 is 9.16 Å². The van der Waals surface area contributed by atoms with Crippen molar-refractivity contribution in [2.45, 2.75) is 116 Å². The molecule has 0 amide bonds. The number of unbranched alkanes of at least 4 members (excludes halogenated alkanes) is 6. The molecule has 160 valence electrons. The van der Waals surface area contributed by atoms with E-state index in [9.17, 15) is 0 Å². The molecule has 0 aliphatic rings. The molecule has 0 aromatic rings. The van der Waals surface area contributed by atoms with Crippen LogP contribution in [-0.2, 0) is 9.16 Å². The molecule has 0 rings (SSSR count). The van der Waals surface area contributed by atoms with Crippen LogP contribution in [0.3, 0.4) is 0 Å². The van der Waals surface area contributed by atoms with Crippen LogP contribution in [0.1, 0.15) is 91.9 Å². The van der Waals surface area contributed by atoms with Crippen LogP contribution in [0.15, 0.2) is 0 Å². The maximum absolute atomic E-state index is 6.55. The van der Waals surface area contributed by atoms with Crippen LogP contribution in [-0.4, -0.2) is 33.0 Å². The normalized spacial score (nSPS) is 13.3. The summed E-state index contributed by atoms with van der Waals surface area (Å²) in [7, 11) is -1.74. The van der Waals surface area contributed by atoms with Gasteiger partial charge in [0.15, 0.2) is 8.32 Å². The van der Waals surface area contributed by atoms with Crippen LogP contribution in [0.4, 0.5) is 0 Å². The highest BCUT2D eigenvalue weighted by Crippen LogP contribution is 2.37. The van der Waals surface area contributed by atoms with Gasteiger partial charge in [-0.25, -0.2) is 0 Å². The zero-order valence-electron chi connectivity index (χ0n) is 19.0. The first-order valence-electron chi connectivity index (χ1n) is 11.0. The Kier molecular flexibility index (Phi) is 16.1. The zero-order chi connectivity index (χ0) is 20.6. The Morgan fingerprint density at radius 2 is 1.56 bits per heavy atom. The molecule has 1 atom stereocenters. The summed E-state index contributed by atoms with van der Waals surface area (Å²) < 4.78 is 12.1. The van der Waals surface area contributed by atoms with Crippen LogP contribution < -0.4 is 0 Å². The van der Waals surface area contributed by atoms with Crippen molar-refractivity contribution in [3.8, 4) is 11.8 Å². The molecule has 4 heteroatoms. The lowest BCUT2D eigenvalue weighted by Gasteiger charge is -2.38. The summed E-state index contributed by atoms with van der Waals surface area (Å²) in [4.78, 5) is 0. The Bertz CT molecular complexity index is 407. The smallest absolute Gasteiger partial charge is 0.193 e. The third kappa shape index (κ3) is 14.8. The van der Waals surface area contributed by atoms with Gasteiger partial charge in [-0.3, -0.25) is 0 Å². The van der Waals surface area contributed by atoms with E-state index in [1.165, 1.54) is 44.9 Å². The number of rotatable bonds is 15. The van der Waals surface area contributed by atoms with E-state index in [1.807, 2.05) is 0 Å². The Labute approximate surface area is 179 Å². The lowest BCUT2D eigenvalue weighted by molar-refractivity contribution is 0.131. The Morgan fingerprint density at radius 1 is 0.926 bits per heavy atom. The number of halogens is 1. The van der Waals surface area contributed by atoms with Gasteiger partial charge in [-0.1, -0.05) is 81.6 Å². The third-order valence-corrected chi connectivity index (χ3v) is 10.4. The predicted molar refractivity (Wildman–Crippen MR) is 126 cm³/mol. The fourth-order valence-corrected chi connectivity index (χ4v) is 3.95. The quantitative estimate of drug-likeness (QED) is 0.108. The molecule has 27 heavy (non-hydrogen) atoms. The van der Waals surface area contributed by atoms with Crippen molar-refractivity contribution in [1.29, 1.82) is 0 Å². The Hall–Kier alpha value is 0.177. The van der Waals surface area contributed by atoms with E-state index in [0.29, 0.717) is 0 Å². The molecule has 0 aromatic heterocycles. The van der Waals surface area contributed by atoms with Gasteiger partial charge in [0.05, 0.1) is 0 Å². The maximum atomic E-state index is 6.55. The topological polar surface area (TPSA) is 18.5 Å². The summed E-state index contributed by atoms with van der Waals surface area (Å²) in [5, 5.41) is 1.28. The molecule has 0 aliphatic carbocycles. The summed E-state index contributed by atoms with van der Waals surface area (Å²) >= 11 is 3.42. The van der Waals surface area contributed by atoms with Crippen LogP contribution in [0, 0.1) is 11.8 Å². The molecular weight excluding hydrogens is 416 g/mol. The van der Waals surface area contributed by atoms with Crippen LogP contribution in [0.5, 0.6) is 0 Å². The van der Waals surface area contributed by atoms with E-state index >= 15 is 0 Å². The standard InChI is InChI=1S/C23H45BrO2Si/c1-7-8-17-22(26-27(5,6)23(2,3)4)18-14-12-10-9-11-13-15-20-25-21-16-19-24/h22H,7-13,15-17,19-21H2,1-6H3. The largest absolute Gasteiger partial charge is 0.403 e. The second-order valence-corrected chi connectivity index (χ2v) is 14.6. The molecule has 0 aliphatic heterocycles. The minimum absolute atomic E-state index is 0.127. The van der Waals surface area contributed by atoms with Gasteiger partial charge in [-0.05, 0) is 43.8 Å². The van der Waals surface area contributed by atoms with Gasteiger partial charge in [-0.15, -0.1) is 5.92 Å². The lowest BCUT2D eigenvalue weighted by Crippen LogP contribution is -2.43. The molecular formula is C23H45BrO2Si. The SMILES string of the molecule is CCCCC(C#CCCCCCCCOCCCBr)O[Si](C)(C)C(C)(C)C. The lowest BCUT2D eigenvalue weighted by atomic mass is 10.1. The minimum atomic E-state index is -1.74. The van der Waals surface area contributed by atoms with Gasteiger partial charge >= 0.3 is 0 Å². The molecule has 0 bridgehead atoms. The second kappa shape index (κ2) is 16.0. The van der Waals surface area contributed by atoms with Gasteiger partial charge in [-0.2, -0.15) is 0 Å². The van der Waals surface area contributed by atoms with Gasteiger partial charge in [0, 0.05) is 25.0 Å². The third-order valence-electron chi connectivity index (χ3n) is 5.34. The summed E-state index contributed by atoms with van der Waals surface area (Å²) in [5.41, 5.74) is 0. The Morgan fingerprint density at radius 3 is 2.19 bits per heavy atom. The zero-order valence-corrected chi connectivity index (χ0v) is 21.6. The molecule has 0 radical (unpaired) electrons. The summed E-state index contributed by atoms with van der Waals surface area (Å²) in [6.07, 6.45) is 12.0. The van der Waals surface area contributed by atoms with Gasteiger partial charge in [0.1, 0.15) is 6.10 Å². The highest BCUT2D eigenvalue weighted by atomic mass is 79.9. The molecule has 2 nitrogen and oxygen atoms in total. The molecule has 0 spiro atoms. The number of hydrogen-bond donors (Lipinski definition) is 0. The van der Waals surface area contributed by atoms with Crippen molar-refractivity contribution in [3.63, 3.8) is 0 Å². The van der Waals surface area contributed by atoms with Gasteiger partial charge in [0.2, 0.25) is 0 Å². The van der Waals surface area contributed by atoms with Crippen LogP contribution in [0.25, 0.3) is 0 Å². The minimum Gasteiger partial charge on any atom is -0.403 e. The number of ether oxygens (including phenoxy) is 1. The van der Waals surface area contributed by atoms with E-state index in [4.69, 9.17) is 9.16 Å². The summed E-state index contributed by atoms with van der Waals surface area (Å²) in [6, 6.07) is 0. The molecule has 0 saturated heterocycles. The van der Waals surface area contributed by atoms with E-state index in [2.05, 4.69) is 68.6 Å². The fraction of sp³-hybridized carbons (Fsp3) is 0.913. The van der Waals surface area contributed by atoms with Crippen molar-refractivity contribution in [3.05, 3.63) is 0 Å². The van der Waals surface area contributed by atoms with Gasteiger partial charge in [0.25, 0.3) is 0 Å². The second-order valence-electron chi connectivity index (χ2n) is 9.00. The van der Waals surface area contributed by atoms with E-state index < -0.39 is 8.32 Å². The van der Waals surface area contributed by atoms with Crippen LogP contribution >= 0.6 is 15.9 Å². The maximum Gasteiger partial charge on any atom is 0.193 e. The fourth-order valence-electron chi connectivity index (χ4n) is 2.48. The molecule has 0 saturated carbocycles. The van der Waals surface area contributed by atoms with Crippen molar-refractivity contribution in [2.24, 2.45) is 0 Å². The summed E-state index contributed by atoms with van der Waals surface area (Å²) in [5.74, 6) is 6.86. The van der Waals surface area contributed by atoms with E-state index in [0.717, 1.165) is 37.8 Å². The molecule has 0 aromatic carbocycles. The number of hydrogen-bond acceptors (Lipinski definition) is 2. The molecule has 0 heterocycles. The van der Waals surface area contributed by atoms with Crippen molar-refractivity contribution in [2.75, 3.05) is 18.5 Å². The van der Waals surface area contributed by atoms with E-state index in [-0.39, 0.29) is 11.1 Å². The molecule has 0 N–H and O–H groups in total.